The highest BCUT2D eigenvalue weighted by Crippen LogP contribution is 2.27. The molecule has 3 N–H and O–H groups in total. The molecule has 0 fully saturated rings. The van der Waals surface area contributed by atoms with Gasteiger partial charge in [0.25, 0.3) is 0 Å². The fraction of sp³-hybridized carbons (Fsp3) is 0.467. The normalized spacial score (nSPS) is 11.9. The first kappa shape index (κ1) is 20.7. The fourth-order valence-corrected chi connectivity index (χ4v) is 3.62. The van der Waals surface area contributed by atoms with Crippen molar-refractivity contribution in [2.24, 2.45) is 0 Å². The van der Waals surface area contributed by atoms with E-state index in [-0.39, 0.29) is 22.9 Å². The van der Waals surface area contributed by atoms with Gasteiger partial charge in [-0.15, -0.1) is 10.2 Å². The molecule has 0 aliphatic carbocycles. The van der Waals surface area contributed by atoms with Crippen molar-refractivity contribution in [1.82, 2.24) is 19.7 Å². The molecule has 0 spiro atoms. The van der Waals surface area contributed by atoms with Crippen LogP contribution >= 0.6 is 23.1 Å². The first-order valence-corrected chi connectivity index (χ1v) is 9.74. The standard InChI is InChI=1S/C15H19N7O3S2/c1-7(2)25-12(24)10-8(3)18-14(27-10)19-11(23)9(4)22-13(17)20-21-15(22)26-6-5-16/h7,9H,6H2,1-4H3,(H2,17,20)(H,18,19,23). The molecule has 0 bridgehead atoms. The van der Waals surface area contributed by atoms with E-state index in [2.05, 4.69) is 20.5 Å². The van der Waals surface area contributed by atoms with Gasteiger partial charge in [0.1, 0.15) is 10.9 Å². The summed E-state index contributed by atoms with van der Waals surface area (Å²) in [5, 5.41) is 19.7. The Labute approximate surface area is 164 Å². The molecule has 2 aromatic heterocycles. The summed E-state index contributed by atoms with van der Waals surface area (Å²) in [4.78, 5) is 29.2. The number of aromatic nitrogens is 4. The van der Waals surface area contributed by atoms with E-state index in [1.165, 1.54) is 4.57 Å². The number of esters is 1. The zero-order chi connectivity index (χ0) is 20.1. The first-order valence-electron chi connectivity index (χ1n) is 7.94. The minimum Gasteiger partial charge on any atom is -0.459 e. The number of anilines is 2. The zero-order valence-corrected chi connectivity index (χ0v) is 16.8. The molecule has 0 aliphatic heterocycles. The Kier molecular flexibility index (Phi) is 6.75. The Bertz CT molecular complexity index is 885. The topological polar surface area (TPSA) is 149 Å². The molecule has 2 rings (SSSR count). The van der Waals surface area contributed by atoms with Crippen molar-refractivity contribution >= 4 is 46.1 Å². The lowest BCUT2D eigenvalue weighted by molar-refractivity contribution is -0.118. The van der Waals surface area contributed by atoms with Crippen LogP contribution in [0, 0.1) is 18.3 Å². The van der Waals surface area contributed by atoms with Crippen LogP contribution in [0.25, 0.3) is 0 Å². The van der Waals surface area contributed by atoms with Gasteiger partial charge >= 0.3 is 5.97 Å². The van der Waals surface area contributed by atoms with Crippen LogP contribution < -0.4 is 11.1 Å². The molecule has 2 heterocycles. The van der Waals surface area contributed by atoms with Crippen LogP contribution in [0.4, 0.5) is 11.1 Å². The molecule has 10 nitrogen and oxygen atoms in total. The van der Waals surface area contributed by atoms with Crippen molar-refractivity contribution in [3.63, 3.8) is 0 Å². The smallest absolute Gasteiger partial charge is 0.350 e. The van der Waals surface area contributed by atoms with Crippen LogP contribution in [0.1, 0.15) is 42.2 Å². The van der Waals surface area contributed by atoms with Crippen LogP contribution in [0.5, 0.6) is 0 Å². The third-order valence-corrected chi connectivity index (χ3v) is 5.14. The second-order valence-corrected chi connectivity index (χ2v) is 7.65. The predicted octanol–water partition coefficient (Wildman–Crippen LogP) is 2.01. The van der Waals surface area contributed by atoms with Crippen molar-refractivity contribution in [2.75, 3.05) is 16.8 Å². The molecule has 27 heavy (non-hydrogen) atoms. The van der Waals surface area contributed by atoms with Crippen LogP contribution in [0.3, 0.4) is 0 Å². The zero-order valence-electron chi connectivity index (χ0n) is 15.2. The average molecular weight is 409 g/mol. The number of hydrogen-bond acceptors (Lipinski definition) is 10. The summed E-state index contributed by atoms with van der Waals surface area (Å²) in [5.41, 5.74) is 6.27. The van der Waals surface area contributed by atoms with Crippen LogP contribution in [0.2, 0.25) is 0 Å². The van der Waals surface area contributed by atoms with Gasteiger partial charge < -0.3 is 15.8 Å². The maximum Gasteiger partial charge on any atom is 0.350 e. The number of rotatable bonds is 7. The lowest BCUT2D eigenvalue weighted by atomic mass is 10.3. The monoisotopic (exact) mass is 409 g/mol. The number of thioether (sulfide) groups is 1. The van der Waals surface area contributed by atoms with Crippen molar-refractivity contribution in [2.45, 2.75) is 45.0 Å². The lowest BCUT2D eigenvalue weighted by Gasteiger charge is -2.15. The highest BCUT2D eigenvalue weighted by Gasteiger charge is 2.24. The highest BCUT2D eigenvalue weighted by molar-refractivity contribution is 7.99. The Morgan fingerprint density at radius 3 is 2.74 bits per heavy atom. The number of nitrogens with zero attached hydrogens (tertiary/aromatic N) is 5. The SMILES string of the molecule is Cc1nc(NC(=O)C(C)n2c(N)nnc2SCC#N)sc1C(=O)OC(C)C. The summed E-state index contributed by atoms with van der Waals surface area (Å²) < 4.78 is 6.60. The number of nitrogens with two attached hydrogens (primary N) is 1. The number of carbonyl (C=O) groups excluding carboxylic acids is 2. The molecule has 2 aromatic rings. The fourth-order valence-electron chi connectivity index (χ4n) is 2.08. The molecule has 1 atom stereocenters. The van der Waals surface area contributed by atoms with Crippen molar-refractivity contribution in [3.05, 3.63) is 10.6 Å². The van der Waals surface area contributed by atoms with E-state index in [0.29, 0.717) is 15.7 Å². The molecule has 0 radical (unpaired) electrons. The number of carbonyl (C=O) groups is 2. The van der Waals surface area contributed by atoms with Gasteiger partial charge in [-0.3, -0.25) is 9.36 Å². The van der Waals surface area contributed by atoms with Crippen molar-refractivity contribution in [3.8, 4) is 6.07 Å². The minimum atomic E-state index is -0.739. The van der Waals surface area contributed by atoms with Crippen LogP contribution in [-0.2, 0) is 9.53 Å². The Morgan fingerprint density at radius 1 is 1.41 bits per heavy atom. The predicted molar refractivity (Wildman–Crippen MR) is 102 cm³/mol. The molecular weight excluding hydrogens is 390 g/mol. The molecule has 0 aromatic carbocycles. The molecule has 144 valence electrons. The number of aryl methyl sites for hydroxylation is 1. The minimum absolute atomic E-state index is 0.0645. The summed E-state index contributed by atoms with van der Waals surface area (Å²) >= 11 is 2.17. The van der Waals surface area contributed by atoms with E-state index in [0.717, 1.165) is 23.1 Å². The number of thiazole rings is 1. The molecular formula is C15H19N7O3S2. The molecule has 0 saturated heterocycles. The number of nitrogens with one attached hydrogen (secondary N) is 1. The van der Waals surface area contributed by atoms with E-state index in [9.17, 15) is 9.59 Å². The van der Waals surface area contributed by atoms with E-state index in [1.807, 2.05) is 6.07 Å². The average Bonchev–Trinajstić information content (AvgIpc) is 3.14. The summed E-state index contributed by atoms with van der Waals surface area (Å²) in [6.45, 7) is 6.80. The largest absolute Gasteiger partial charge is 0.459 e. The van der Waals surface area contributed by atoms with Gasteiger partial charge in [0.05, 0.1) is 23.6 Å². The maximum atomic E-state index is 12.6. The Balaban J connectivity index is 2.15. The van der Waals surface area contributed by atoms with Crippen LogP contribution in [-0.4, -0.2) is 43.5 Å². The summed E-state index contributed by atoms with van der Waals surface area (Å²) in [6.07, 6.45) is -0.252. The molecule has 0 saturated carbocycles. The summed E-state index contributed by atoms with van der Waals surface area (Å²) in [5.74, 6) is -0.668. The third kappa shape index (κ3) is 4.95. The van der Waals surface area contributed by atoms with Gasteiger partial charge in [-0.25, -0.2) is 9.78 Å². The number of nitrogen functional groups attached to an aromatic ring is 1. The highest BCUT2D eigenvalue weighted by atomic mass is 32.2. The van der Waals surface area contributed by atoms with Gasteiger partial charge in [-0.2, -0.15) is 5.26 Å². The van der Waals surface area contributed by atoms with Crippen molar-refractivity contribution < 1.29 is 14.3 Å². The summed E-state index contributed by atoms with van der Waals surface area (Å²) in [6, 6.07) is 1.24. The Hall–Kier alpha value is -2.65. The van der Waals surface area contributed by atoms with Crippen LogP contribution in [0.15, 0.2) is 5.16 Å². The van der Waals surface area contributed by atoms with E-state index < -0.39 is 17.9 Å². The van der Waals surface area contributed by atoms with Gasteiger partial charge in [0, 0.05) is 0 Å². The van der Waals surface area contributed by atoms with Crippen molar-refractivity contribution in [1.29, 1.82) is 5.26 Å². The molecule has 1 unspecified atom stereocenters. The quantitative estimate of drug-likeness (QED) is 0.517. The number of ether oxygens (including phenoxy) is 1. The molecule has 1 amide bonds. The van der Waals surface area contributed by atoms with Gasteiger partial charge in [0.15, 0.2) is 10.3 Å². The van der Waals surface area contributed by atoms with E-state index in [4.69, 9.17) is 15.7 Å². The number of amides is 1. The Morgan fingerprint density at radius 2 is 2.11 bits per heavy atom. The molecule has 12 heteroatoms. The van der Waals surface area contributed by atoms with E-state index >= 15 is 0 Å². The maximum absolute atomic E-state index is 12.6. The second-order valence-electron chi connectivity index (χ2n) is 5.71. The molecule has 0 aliphatic rings. The second kappa shape index (κ2) is 8.83. The van der Waals surface area contributed by atoms with Gasteiger partial charge in [-0.05, 0) is 27.7 Å². The first-order chi connectivity index (χ1) is 12.7. The number of nitriles is 1. The van der Waals surface area contributed by atoms with Gasteiger partial charge in [-0.1, -0.05) is 23.1 Å². The summed E-state index contributed by atoms with van der Waals surface area (Å²) in [7, 11) is 0. The van der Waals surface area contributed by atoms with E-state index in [1.54, 1.807) is 27.7 Å². The van der Waals surface area contributed by atoms with Gasteiger partial charge in [0.2, 0.25) is 11.9 Å². The number of hydrogen-bond donors (Lipinski definition) is 2. The third-order valence-electron chi connectivity index (χ3n) is 3.28. The lowest BCUT2D eigenvalue weighted by Crippen LogP contribution is -2.25.